The lowest BCUT2D eigenvalue weighted by Crippen LogP contribution is -2.63. The summed E-state index contributed by atoms with van der Waals surface area (Å²) in [7, 11) is 0. The Bertz CT molecular complexity index is 1460. The summed E-state index contributed by atoms with van der Waals surface area (Å²) >= 11 is 0. The van der Waals surface area contributed by atoms with E-state index in [1.807, 2.05) is 79.7 Å². The smallest absolute Gasteiger partial charge is 0.407 e. The minimum Gasteiger partial charge on any atom is -0.465 e. The molecular weight excluding hydrogens is 490 g/mol. The summed E-state index contributed by atoms with van der Waals surface area (Å²) in [5.41, 5.74) is 9.97. The molecule has 2 amide bonds. The molecule has 39 heavy (non-hydrogen) atoms. The van der Waals surface area contributed by atoms with Crippen LogP contribution in [-0.2, 0) is 6.42 Å². The normalized spacial score (nSPS) is 17.1. The number of anilines is 3. The van der Waals surface area contributed by atoms with Gasteiger partial charge in [0.1, 0.15) is 5.82 Å². The molecule has 198 valence electrons. The fourth-order valence-corrected chi connectivity index (χ4v) is 5.15. The molecule has 1 saturated heterocycles. The number of nitrogen functional groups attached to an aromatic ring is 1. The molecule has 0 radical (unpaired) electrons. The van der Waals surface area contributed by atoms with Crippen molar-refractivity contribution in [1.29, 1.82) is 0 Å². The number of carbonyl (C=O) groups excluding carboxylic acids is 1. The highest BCUT2D eigenvalue weighted by Crippen LogP contribution is 2.30. The fourth-order valence-electron chi connectivity index (χ4n) is 5.15. The van der Waals surface area contributed by atoms with Crippen LogP contribution < -0.4 is 16.0 Å². The molecule has 0 saturated carbocycles. The minimum atomic E-state index is -0.927. The van der Waals surface area contributed by atoms with Gasteiger partial charge < -0.3 is 21.1 Å². The molecule has 5 rings (SSSR count). The predicted octanol–water partition coefficient (Wildman–Crippen LogP) is 5.38. The van der Waals surface area contributed by atoms with Crippen LogP contribution in [0.5, 0.6) is 0 Å². The summed E-state index contributed by atoms with van der Waals surface area (Å²) < 4.78 is 0. The number of pyridine rings is 1. The number of hydrogen-bond acceptors (Lipinski definition) is 5. The Labute approximate surface area is 227 Å². The third-order valence-corrected chi connectivity index (χ3v) is 7.18. The van der Waals surface area contributed by atoms with E-state index in [1.54, 1.807) is 24.4 Å². The van der Waals surface area contributed by atoms with Crippen LogP contribution in [0.3, 0.4) is 0 Å². The number of hydrogen-bond donors (Lipinski definition) is 3. The van der Waals surface area contributed by atoms with Crippen LogP contribution in [-0.4, -0.2) is 52.2 Å². The maximum atomic E-state index is 13.0. The number of piperazine rings is 1. The molecule has 1 fully saturated rings. The second-order valence-corrected chi connectivity index (χ2v) is 10.0. The molecule has 1 aliphatic heterocycles. The summed E-state index contributed by atoms with van der Waals surface area (Å²) in [6.45, 7) is 3.32. The van der Waals surface area contributed by atoms with Crippen molar-refractivity contribution in [3.8, 4) is 11.1 Å². The van der Waals surface area contributed by atoms with Crippen LogP contribution in [0.1, 0.15) is 22.8 Å². The van der Waals surface area contributed by atoms with E-state index in [1.165, 1.54) is 4.90 Å². The van der Waals surface area contributed by atoms with Crippen molar-refractivity contribution in [2.45, 2.75) is 18.9 Å². The molecule has 4 aromatic rings. The number of nitrogens with two attached hydrogens (primary N) is 1. The van der Waals surface area contributed by atoms with E-state index < -0.39 is 11.6 Å². The van der Waals surface area contributed by atoms with Crippen LogP contribution >= 0.6 is 0 Å². The maximum absolute atomic E-state index is 13.0. The van der Waals surface area contributed by atoms with Gasteiger partial charge in [-0.15, -0.1) is 0 Å². The summed E-state index contributed by atoms with van der Waals surface area (Å²) in [5, 5.41) is 12.8. The van der Waals surface area contributed by atoms with E-state index in [0.29, 0.717) is 48.8 Å². The summed E-state index contributed by atoms with van der Waals surface area (Å²) in [5.74, 6) is 0.386. The molecule has 0 spiro atoms. The Hall–Kier alpha value is -4.85. The topological polar surface area (TPSA) is 112 Å². The minimum absolute atomic E-state index is 0.310. The van der Waals surface area contributed by atoms with Gasteiger partial charge in [-0.05, 0) is 54.3 Å². The van der Waals surface area contributed by atoms with E-state index >= 15 is 0 Å². The fraction of sp³-hybridized carbons (Fsp3) is 0.194. The van der Waals surface area contributed by atoms with Gasteiger partial charge >= 0.3 is 6.09 Å². The van der Waals surface area contributed by atoms with Gasteiger partial charge in [0.05, 0.1) is 22.5 Å². The Balaban J connectivity index is 1.31. The van der Waals surface area contributed by atoms with Gasteiger partial charge in [0, 0.05) is 25.8 Å². The molecule has 4 N–H and O–H groups in total. The first-order valence-corrected chi connectivity index (χ1v) is 12.8. The average molecular weight is 522 g/mol. The van der Waals surface area contributed by atoms with Crippen molar-refractivity contribution < 1.29 is 14.7 Å². The highest BCUT2D eigenvalue weighted by atomic mass is 16.4. The van der Waals surface area contributed by atoms with Gasteiger partial charge in [0.2, 0.25) is 0 Å². The molecular formula is C31H31N5O3. The zero-order valence-electron chi connectivity index (χ0n) is 21.7. The molecule has 8 nitrogen and oxygen atoms in total. The van der Waals surface area contributed by atoms with Gasteiger partial charge in [0.15, 0.2) is 0 Å². The Morgan fingerprint density at radius 2 is 1.67 bits per heavy atom. The quantitative estimate of drug-likeness (QED) is 0.294. The van der Waals surface area contributed by atoms with E-state index in [-0.39, 0.29) is 5.91 Å². The van der Waals surface area contributed by atoms with Crippen molar-refractivity contribution in [3.05, 3.63) is 108 Å². The van der Waals surface area contributed by atoms with Gasteiger partial charge in [-0.3, -0.25) is 9.69 Å². The molecule has 3 aromatic carbocycles. The van der Waals surface area contributed by atoms with Crippen molar-refractivity contribution in [1.82, 2.24) is 9.88 Å². The number of aromatic nitrogens is 1. The average Bonchev–Trinajstić information content (AvgIpc) is 2.95. The van der Waals surface area contributed by atoms with E-state index in [0.717, 1.165) is 16.7 Å². The summed E-state index contributed by atoms with van der Waals surface area (Å²) in [6, 6.07) is 28.9. The molecule has 0 bridgehead atoms. The van der Waals surface area contributed by atoms with Gasteiger partial charge in [-0.25, -0.2) is 9.78 Å². The third kappa shape index (κ3) is 5.70. The number of benzene rings is 3. The zero-order valence-corrected chi connectivity index (χ0v) is 21.7. The Kier molecular flexibility index (Phi) is 7.19. The molecule has 2 heterocycles. The van der Waals surface area contributed by atoms with E-state index in [9.17, 15) is 14.7 Å². The number of carboxylic acid groups (broad SMARTS) is 1. The number of nitrogens with zero attached hydrogens (tertiary/aromatic N) is 3. The van der Waals surface area contributed by atoms with Gasteiger partial charge in [0.25, 0.3) is 5.91 Å². The molecule has 1 atom stereocenters. The van der Waals surface area contributed by atoms with Crippen molar-refractivity contribution in [2.24, 2.45) is 0 Å². The van der Waals surface area contributed by atoms with Crippen LogP contribution in [0.4, 0.5) is 22.0 Å². The van der Waals surface area contributed by atoms with Crippen LogP contribution in [0.15, 0.2) is 97.2 Å². The second-order valence-electron chi connectivity index (χ2n) is 10.0. The predicted molar refractivity (Wildman–Crippen MR) is 154 cm³/mol. The number of nitrogens with one attached hydrogen (secondary N) is 1. The first-order chi connectivity index (χ1) is 18.8. The third-order valence-electron chi connectivity index (χ3n) is 7.18. The lowest BCUT2D eigenvalue weighted by molar-refractivity contribution is 0.0748. The first kappa shape index (κ1) is 25.8. The molecule has 1 aliphatic rings. The SMILES string of the molecule is C[C@]1(Cc2ccccc2)CN(c2ccc(C(=O)Nc3cc(-c4ccccc4)ccc3N)cn2)CCN1C(=O)O. The van der Waals surface area contributed by atoms with Crippen molar-refractivity contribution in [3.63, 3.8) is 0 Å². The lowest BCUT2D eigenvalue weighted by Gasteiger charge is -2.48. The highest BCUT2D eigenvalue weighted by Gasteiger charge is 2.41. The monoisotopic (exact) mass is 521 g/mol. The van der Waals surface area contributed by atoms with Crippen molar-refractivity contribution in [2.75, 3.05) is 35.6 Å². The number of carbonyl (C=O) groups is 2. The largest absolute Gasteiger partial charge is 0.465 e. The standard InChI is InChI=1S/C31H31N5O3/c1-31(19-22-8-4-2-5-9-22)21-35(16-17-36(31)30(38)39)28-15-13-25(20-33-28)29(37)34-27-18-24(12-14-26(27)32)23-10-6-3-7-11-23/h2-15,18,20H,16-17,19,21,32H2,1H3,(H,34,37)(H,38,39)/t31-/m0/s1. The van der Waals surface area contributed by atoms with Gasteiger partial charge in [-0.2, -0.15) is 0 Å². The number of rotatable bonds is 6. The zero-order chi connectivity index (χ0) is 27.4. The Morgan fingerprint density at radius 3 is 2.33 bits per heavy atom. The molecule has 1 aromatic heterocycles. The second kappa shape index (κ2) is 10.9. The number of amides is 2. The summed E-state index contributed by atoms with van der Waals surface area (Å²) in [4.78, 5) is 33.2. The van der Waals surface area contributed by atoms with Crippen molar-refractivity contribution >= 4 is 29.2 Å². The summed E-state index contributed by atoms with van der Waals surface area (Å²) in [6.07, 6.45) is 1.20. The van der Waals surface area contributed by atoms with Crippen LogP contribution in [0.25, 0.3) is 11.1 Å². The molecule has 0 aliphatic carbocycles. The van der Waals surface area contributed by atoms with Gasteiger partial charge in [-0.1, -0.05) is 66.7 Å². The van der Waals surface area contributed by atoms with Crippen LogP contribution in [0.2, 0.25) is 0 Å². The molecule has 8 heteroatoms. The van der Waals surface area contributed by atoms with Crippen LogP contribution in [0, 0.1) is 0 Å². The van der Waals surface area contributed by atoms with E-state index in [2.05, 4.69) is 15.2 Å². The Morgan fingerprint density at radius 1 is 0.949 bits per heavy atom. The molecule has 0 unspecified atom stereocenters. The lowest BCUT2D eigenvalue weighted by atomic mass is 9.88. The maximum Gasteiger partial charge on any atom is 0.407 e. The first-order valence-electron chi connectivity index (χ1n) is 12.8. The highest BCUT2D eigenvalue weighted by molar-refractivity contribution is 6.06. The van der Waals surface area contributed by atoms with E-state index in [4.69, 9.17) is 5.73 Å².